The number of nitrogens with zero attached hydrogens (tertiary/aromatic N) is 2. The molecule has 0 bridgehead atoms. The fraction of sp³-hybridized carbons (Fsp3) is 0.357. The molecule has 1 amide bonds. The summed E-state index contributed by atoms with van der Waals surface area (Å²) in [6.45, 7) is 1.73. The second-order valence-corrected chi connectivity index (χ2v) is 5.80. The second-order valence-electron chi connectivity index (χ2n) is 4.77. The monoisotopic (exact) mass is 288 g/mol. The molecule has 20 heavy (non-hydrogen) atoms. The summed E-state index contributed by atoms with van der Waals surface area (Å²) >= 11 is 1.41. The zero-order valence-corrected chi connectivity index (χ0v) is 11.8. The summed E-state index contributed by atoms with van der Waals surface area (Å²) in [4.78, 5) is 21.0. The highest BCUT2D eigenvalue weighted by molar-refractivity contribution is 7.16. The summed E-state index contributed by atoms with van der Waals surface area (Å²) in [7, 11) is 0. The van der Waals surface area contributed by atoms with Gasteiger partial charge in [0.05, 0.1) is 6.20 Å². The van der Waals surface area contributed by atoms with Crippen LogP contribution in [-0.4, -0.2) is 35.0 Å². The first kappa shape index (κ1) is 13.2. The van der Waals surface area contributed by atoms with E-state index in [4.69, 9.17) is 0 Å². The Hall–Kier alpha value is -1.79. The fourth-order valence-electron chi connectivity index (χ4n) is 2.24. The Morgan fingerprint density at radius 3 is 3.05 bits per heavy atom. The predicted molar refractivity (Wildman–Crippen MR) is 78.7 cm³/mol. The molecule has 2 aromatic rings. The van der Waals surface area contributed by atoms with Crippen LogP contribution in [0.1, 0.15) is 22.5 Å². The molecule has 0 radical (unpaired) electrons. The van der Waals surface area contributed by atoms with Gasteiger partial charge in [-0.05, 0) is 31.5 Å². The molecule has 1 fully saturated rings. The van der Waals surface area contributed by atoms with Gasteiger partial charge in [-0.3, -0.25) is 9.78 Å². The Morgan fingerprint density at radius 2 is 2.30 bits per heavy atom. The Bertz CT molecular complexity index is 578. The zero-order valence-electron chi connectivity index (χ0n) is 11.0. The minimum atomic E-state index is -0.0449. The zero-order chi connectivity index (χ0) is 13.8. The molecule has 0 spiro atoms. The van der Waals surface area contributed by atoms with Crippen LogP contribution in [0.2, 0.25) is 0 Å². The van der Waals surface area contributed by atoms with Crippen LogP contribution in [0.3, 0.4) is 0 Å². The third kappa shape index (κ3) is 3.02. The third-order valence-corrected chi connectivity index (χ3v) is 4.37. The fourth-order valence-corrected chi connectivity index (χ4v) is 3.08. The lowest BCUT2D eigenvalue weighted by Gasteiger charge is -2.10. The number of amides is 1. The quantitative estimate of drug-likeness (QED) is 0.898. The van der Waals surface area contributed by atoms with Crippen LogP contribution >= 0.6 is 11.3 Å². The van der Waals surface area contributed by atoms with Gasteiger partial charge in [0.25, 0.3) is 5.91 Å². The van der Waals surface area contributed by atoms with E-state index < -0.39 is 0 Å². The summed E-state index contributed by atoms with van der Waals surface area (Å²) < 4.78 is 0. The van der Waals surface area contributed by atoms with Gasteiger partial charge in [0.15, 0.2) is 0 Å². The SMILES string of the molecule is O=C(NCC1CCCN1)c1cnc(-c2ccncc2)s1. The van der Waals surface area contributed by atoms with Crippen molar-refractivity contribution in [3.8, 4) is 10.6 Å². The van der Waals surface area contributed by atoms with Crippen molar-refractivity contribution in [1.82, 2.24) is 20.6 Å². The molecule has 0 aromatic carbocycles. The van der Waals surface area contributed by atoms with Crippen LogP contribution < -0.4 is 10.6 Å². The molecular formula is C14H16N4OS. The van der Waals surface area contributed by atoms with Crippen LogP contribution in [0, 0.1) is 0 Å². The van der Waals surface area contributed by atoms with E-state index in [1.54, 1.807) is 18.6 Å². The molecule has 2 aromatic heterocycles. The van der Waals surface area contributed by atoms with Gasteiger partial charge in [-0.25, -0.2) is 4.98 Å². The first-order valence-corrected chi connectivity index (χ1v) is 7.52. The molecule has 104 valence electrons. The number of hydrogen-bond acceptors (Lipinski definition) is 5. The smallest absolute Gasteiger partial charge is 0.263 e. The maximum Gasteiger partial charge on any atom is 0.263 e. The van der Waals surface area contributed by atoms with E-state index in [2.05, 4.69) is 20.6 Å². The number of pyridine rings is 1. The molecule has 3 rings (SSSR count). The van der Waals surface area contributed by atoms with E-state index in [-0.39, 0.29) is 5.91 Å². The standard InChI is InChI=1S/C14H16N4OS/c19-13(17-8-11-2-1-5-16-11)12-9-18-14(20-12)10-3-6-15-7-4-10/h3-4,6-7,9,11,16H,1-2,5,8H2,(H,17,19). The lowest BCUT2D eigenvalue weighted by atomic mass is 10.2. The molecule has 1 atom stereocenters. The van der Waals surface area contributed by atoms with Gasteiger partial charge in [-0.2, -0.15) is 0 Å². The van der Waals surface area contributed by atoms with Crippen LogP contribution in [-0.2, 0) is 0 Å². The number of carbonyl (C=O) groups excluding carboxylic acids is 1. The van der Waals surface area contributed by atoms with E-state index in [1.807, 2.05) is 12.1 Å². The van der Waals surface area contributed by atoms with Crippen molar-refractivity contribution in [3.63, 3.8) is 0 Å². The van der Waals surface area contributed by atoms with Gasteiger partial charge in [0.1, 0.15) is 9.88 Å². The summed E-state index contributed by atoms with van der Waals surface area (Å²) in [5.41, 5.74) is 0.988. The molecule has 1 aliphatic heterocycles. The highest BCUT2D eigenvalue weighted by Crippen LogP contribution is 2.24. The number of carbonyl (C=O) groups is 1. The molecule has 5 nitrogen and oxygen atoms in total. The summed E-state index contributed by atoms with van der Waals surface area (Å²) in [5, 5.41) is 7.17. The Balaban J connectivity index is 1.62. The lowest BCUT2D eigenvalue weighted by Crippen LogP contribution is -2.36. The van der Waals surface area contributed by atoms with Gasteiger partial charge < -0.3 is 10.6 Å². The van der Waals surface area contributed by atoms with Gasteiger partial charge in [-0.1, -0.05) is 0 Å². The van der Waals surface area contributed by atoms with Crippen molar-refractivity contribution in [2.24, 2.45) is 0 Å². The number of aromatic nitrogens is 2. The maximum absolute atomic E-state index is 12.1. The average molecular weight is 288 g/mol. The molecule has 1 aliphatic rings. The third-order valence-electron chi connectivity index (χ3n) is 3.33. The number of hydrogen-bond donors (Lipinski definition) is 2. The molecule has 0 saturated carbocycles. The molecule has 1 saturated heterocycles. The summed E-state index contributed by atoms with van der Waals surface area (Å²) in [6, 6.07) is 4.19. The Morgan fingerprint density at radius 1 is 1.45 bits per heavy atom. The molecule has 1 unspecified atom stereocenters. The van der Waals surface area contributed by atoms with Gasteiger partial charge in [-0.15, -0.1) is 11.3 Å². The van der Waals surface area contributed by atoms with Crippen molar-refractivity contribution in [1.29, 1.82) is 0 Å². The van der Waals surface area contributed by atoms with Crippen LogP contribution in [0.15, 0.2) is 30.7 Å². The van der Waals surface area contributed by atoms with Crippen LogP contribution in [0.4, 0.5) is 0 Å². The topological polar surface area (TPSA) is 66.9 Å². The van der Waals surface area contributed by atoms with Crippen LogP contribution in [0.25, 0.3) is 10.6 Å². The molecule has 0 aliphatic carbocycles. The molecule has 2 N–H and O–H groups in total. The van der Waals surface area contributed by atoms with E-state index in [1.165, 1.54) is 17.8 Å². The molecule has 3 heterocycles. The Kier molecular flexibility index (Phi) is 4.03. The Labute approximate surface area is 121 Å². The number of rotatable bonds is 4. The minimum Gasteiger partial charge on any atom is -0.350 e. The van der Waals surface area contributed by atoms with Gasteiger partial charge in [0.2, 0.25) is 0 Å². The van der Waals surface area contributed by atoms with Gasteiger partial charge in [0, 0.05) is 30.5 Å². The van der Waals surface area contributed by atoms with E-state index in [0.717, 1.165) is 23.5 Å². The average Bonchev–Trinajstić information content (AvgIpc) is 3.17. The number of nitrogens with one attached hydrogen (secondary N) is 2. The van der Waals surface area contributed by atoms with Gasteiger partial charge >= 0.3 is 0 Å². The summed E-state index contributed by atoms with van der Waals surface area (Å²) in [6.07, 6.45) is 7.40. The van der Waals surface area contributed by atoms with Crippen LogP contribution in [0.5, 0.6) is 0 Å². The normalized spacial score (nSPS) is 18.1. The maximum atomic E-state index is 12.1. The lowest BCUT2D eigenvalue weighted by molar-refractivity contribution is 0.0954. The van der Waals surface area contributed by atoms with E-state index in [9.17, 15) is 4.79 Å². The van der Waals surface area contributed by atoms with Crippen molar-refractivity contribution in [2.75, 3.05) is 13.1 Å². The first-order chi connectivity index (χ1) is 9.83. The van der Waals surface area contributed by atoms with E-state index in [0.29, 0.717) is 17.5 Å². The molecular weight excluding hydrogens is 272 g/mol. The first-order valence-electron chi connectivity index (χ1n) is 6.71. The van der Waals surface area contributed by atoms with Crippen molar-refractivity contribution >= 4 is 17.2 Å². The largest absolute Gasteiger partial charge is 0.350 e. The summed E-state index contributed by atoms with van der Waals surface area (Å²) in [5.74, 6) is -0.0449. The number of thiazole rings is 1. The highest BCUT2D eigenvalue weighted by atomic mass is 32.1. The van der Waals surface area contributed by atoms with Crippen molar-refractivity contribution < 1.29 is 4.79 Å². The van der Waals surface area contributed by atoms with Crippen molar-refractivity contribution in [2.45, 2.75) is 18.9 Å². The van der Waals surface area contributed by atoms with Crippen molar-refractivity contribution in [3.05, 3.63) is 35.6 Å². The highest BCUT2D eigenvalue weighted by Gasteiger charge is 2.16. The molecule has 6 heteroatoms. The second kappa shape index (κ2) is 6.11. The minimum absolute atomic E-state index is 0.0449. The predicted octanol–water partition coefficient (Wildman–Crippen LogP) is 1.69. The van der Waals surface area contributed by atoms with E-state index >= 15 is 0 Å².